The van der Waals surface area contributed by atoms with Crippen molar-refractivity contribution < 1.29 is 19.1 Å². The molecule has 0 radical (unpaired) electrons. The van der Waals surface area contributed by atoms with Crippen LogP contribution in [0.5, 0.6) is 0 Å². The topological polar surface area (TPSA) is 52.6 Å². The van der Waals surface area contributed by atoms with Crippen molar-refractivity contribution in [3.8, 4) is 0 Å². The van der Waals surface area contributed by atoms with E-state index in [0.717, 1.165) is 25.7 Å². The third kappa shape index (κ3) is 2.74. The third-order valence-corrected chi connectivity index (χ3v) is 4.67. The van der Waals surface area contributed by atoms with E-state index < -0.39 is 17.9 Å². The molecule has 0 saturated heterocycles. The predicted octanol–water partition coefficient (Wildman–Crippen LogP) is 2.72. The van der Waals surface area contributed by atoms with Crippen molar-refractivity contribution in [2.45, 2.75) is 39.5 Å². The highest BCUT2D eigenvalue weighted by atomic mass is 16.6. The lowest BCUT2D eigenvalue weighted by Gasteiger charge is -2.58. The monoisotopic (exact) mass is 280 g/mol. The maximum Gasteiger partial charge on any atom is 0.320 e. The van der Waals surface area contributed by atoms with Gasteiger partial charge in [0.15, 0.2) is 5.92 Å². The summed E-state index contributed by atoms with van der Waals surface area (Å²) >= 11 is 0. The molecule has 2 rings (SSSR count). The van der Waals surface area contributed by atoms with Gasteiger partial charge in [-0.1, -0.05) is 6.08 Å². The molecule has 2 aliphatic rings. The van der Waals surface area contributed by atoms with Gasteiger partial charge in [-0.15, -0.1) is 6.58 Å². The van der Waals surface area contributed by atoms with E-state index in [9.17, 15) is 9.59 Å². The zero-order valence-corrected chi connectivity index (χ0v) is 12.4. The first-order valence-electron chi connectivity index (χ1n) is 7.51. The molecule has 0 bridgehead atoms. The predicted molar refractivity (Wildman–Crippen MR) is 74.8 cm³/mol. The van der Waals surface area contributed by atoms with Gasteiger partial charge in [0.1, 0.15) is 0 Å². The van der Waals surface area contributed by atoms with E-state index in [2.05, 4.69) is 6.58 Å². The summed E-state index contributed by atoms with van der Waals surface area (Å²) in [5, 5.41) is 0. The number of carbonyl (C=O) groups is 2. The number of esters is 2. The minimum Gasteiger partial charge on any atom is -0.465 e. The molecule has 0 aliphatic heterocycles. The van der Waals surface area contributed by atoms with Crippen molar-refractivity contribution in [2.24, 2.45) is 23.2 Å². The van der Waals surface area contributed by atoms with Crippen LogP contribution < -0.4 is 0 Å². The van der Waals surface area contributed by atoms with Crippen LogP contribution in [0, 0.1) is 23.2 Å². The van der Waals surface area contributed by atoms with Crippen molar-refractivity contribution >= 4 is 11.9 Å². The zero-order chi connectivity index (χ0) is 14.8. The second-order valence-electron chi connectivity index (χ2n) is 6.05. The van der Waals surface area contributed by atoms with Crippen molar-refractivity contribution in [1.29, 1.82) is 0 Å². The summed E-state index contributed by atoms with van der Waals surface area (Å²) in [5.74, 6) is -0.891. The lowest BCUT2D eigenvalue weighted by molar-refractivity contribution is -0.173. The van der Waals surface area contributed by atoms with Crippen LogP contribution in [0.3, 0.4) is 0 Å². The Morgan fingerprint density at radius 2 is 1.65 bits per heavy atom. The Bertz CT molecular complexity index is 369. The van der Waals surface area contributed by atoms with Crippen LogP contribution in [0.25, 0.3) is 0 Å². The number of hydrogen-bond donors (Lipinski definition) is 0. The van der Waals surface area contributed by atoms with Crippen LogP contribution in [0.4, 0.5) is 0 Å². The largest absolute Gasteiger partial charge is 0.465 e. The van der Waals surface area contributed by atoms with Crippen molar-refractivity contribution in [3.63, 3.8) is 0 Å². The number of carbonyl (C=O) groups excluding carboxylic acids is 2. The Kier molecular flexibility index (Phi) is 4.51. The highest BCUT2D eigenvalue weighted by Gasteiger charge is 2.56. The molecule has 0 unspecified atom stereocenters. The standard InChI is InChI=1S/C16H24O4/c1-4-11-7-16(8-11)9-12(10-16)13(14(17)19-5-2)15(18)20-6-3/h4,11-13H,1,5-10H2,2-3H3. The highest BCUT2D eigenvalue weighted by Crippen LogP contribution is 2.63. The van der Waals surface area contributed by atoms with Gasteiger partial charge in [0.2, 0.25) is 0 Å². The zero-order valence-electron chi connectivity index (χ0n) is 12.4. The molecule has 1 spiro atoms. The summed E-state index contributed by atoms with van der Waals surface area (Å²) in [5.41, 5.74) is 0.348. The van der Waals surface area contributed by atoms with Crippen LogP contribution in [0.1, 0.15) is 39.5 Å². The first kappa shape index (κ1) is 15.1. The fourth-order valence-corrected chi connectivity index (χ4v) is 3.79. The van der Waals surface area contributed by atoms with Gasteiger partial charge in [0.25, 0.3) is 0 Å². The summed E-state index contributed by atoms with van der Waals surface area (Å²) in [7, 11) is 0. The molecule has 20 heavy (non-hydrogen) atoms. The molecule has 0 atom stereocenters. The Morgan fingerprint density at radius 3 is 2.05 bits per heavy atom. The minimum atomic E-state index is -0.733. The second kappa shape index (κ2) is 5.98. The van der Waals surface area contributed by atoms with Gasteiger partial charge >= 0.3 is 11.9 Å². The molecule has 2 saturated carbocycles. The van der Waals surface area contributed by atoms with E-state index in [1.807, 2.05) is 6.08 Å². The van der Waals surface area contributed by atoms with E-state index in [1.54, 1.807) is 13.8 Å². The molecule has 0 aromatic rings. The lowest BCUT2D eigenvalue weighted by Crippen LogP contribution is -2.52. The summed E-state index contributed by atoms with van der Waals surface area (Å²) in [4.78, 5) is 24.0. The Morgan fingerprint density at radius 1 is 1.15 bits per heavy atom. The van der Waals surface area contributed by atoms with Crippen LogP contribution >= 0.6 is 0 Å². The maximum atomic E-state index is 12.0. The molecule has 0 amide bonds. The molecule has 0 aromatic heterocycles. The van der Waals surface area contributed by atoms with E-state index in [-0.39, 0.29) is 5.92 Å². The molecule has 2 fully saturated rings. The fraction of sp³-hybridized carbons (Fsp3) is 0.750. The highest BCUT2D eigenvalue weighted by molar-refractivity contribution is 5.95. The normalized spacial score (nSPS) is 31.4. The Labute approximate surface area is 120 Å². The maximum absolute atomic E-state index is 12.0. The lowest BCUT2D eigenvalue weighted by atomic mass is 9.46. The van der Waals surface area contributed by atoms with E-state index in [1.165, 1.54) is 0 Å². The van der Waals surface area contributed by atoms with Gasteiger partial charge in [0.05, 0.1) is 13.2 Å². The number of rotatable bonds is 6. The van der Waals surface area contributed by atoms with Crippen LogP contribution in [-0.4, -0.2) is 25.2 Å². The quantitative estimate of drug-likeness (QED) is 0.426. The minimum absolute atomic E-state index is 0.0823. The van der Waals surface area contributed by atoms with Gasteiger partial charge in [-0.2, -0.15) is 0 Å². The second-order valence-corrected chi connectivity index (χ2v) is 6.05. The number of ether oxygens (including phenoxy) is 2. The average molecular weight is 280 g/mol. The number of hydrogen-bond acceptors (Lipinski definition) is 4. The summed E-state index contributed by atoms with van der Waals surface area (Å²) in [6.07, 6.45) is 6.16. The van der Waals surface area contributed by atoms with Gasteiger partial charge in [-0.25, -0.2) is 0 Å². The first-order valence-corrected chi connectivity index (χ1v) is 7.51. The van der Waals surface area contributed by atoms with Crippen LogP contribution in [0.15, 0.2) is 12.7 Å². The summed E-state index contributed by atoms with van der Waals surface area (Å²) in [6, 6.07) is 0. The molecule has 0 N–H and O–H groups in total. The van der Waals surface area contributed by atoms with Gasteiger partial charge < -0.3 is 9.47 Å². The van der Waals surface area contributed by atoms with E-state index in [0.29, 0.717) is 24.5 Å². The third-order valence-electron chi connectivity index (χ3n) is 4.67. The fourth-order valence-electron chi connectivity index (χ4n) is 3.79. The van der Waals surface area contributed by atoms with Crippen molar-refractivity contribution in [3.05, 3.63) is 12.7 Å². The molecular weight excluding hydrogens is 256 g/mol. The average Bonchev–Trinajstić information content (AvgIpc) is 2.30. The van der Waals surface area contributed by atoms with E-state index in [4.69, 9.17) is 9.47 Å². The van der Waals surface area contributed by atoms with Crippen molar-refractivity contribution in [1.82, 2.24) is 0 Å². The van der Waals surface area contributed by atoms with Gasteiger partial charge in [-0.05, 0) is 56.8 Å². The Balaban J connectivity index is 1.94. The molecular formula is C16H24O4. The molecule has 0 aromatic carbocycles. The van der Waals surface area contributed by atoms with Crippen molar-refractivity contribution in [2.75, 3.05) is 13.2 Å². The molecule has 2 aliphatic carbocycles. The van der Waals surface area contributed by atoms with E-state index >= 15 is 0 Å². The molecule has 4 nitrogen and oxygen atoms in total. The number of allylic oxidation sites excluding steroid dienone is 1. The molecule has 4 heteroatoms. The Hall–Kier alpha value is -1.32. The van der Waals surface area contributed by atoms with Gasteiger partial charge in [0, 0.05) is 0 Å². The smallest absolute Gasteiger partial charge is 0.320 e. The first-order chi connectivity index (χ1) is 9.55. The summed E-state index contributed by atoms with van der Waals surface area (Å²) in [6.45, 7) is 7.92. The SMILES string of the molecule is C=CC1CC2(C1)CC(C(C(=O)OCC)C(=O)OCC)C2. The summed E-state index contributed by atoms with van der Waals surface area (Å²) < 4.78 is 10.1. The van der Waals surface area contributed by atoms with Crippen LogP contribution in [0.2, 0.25) is 0 Å². The molecule has 0 heterocycles. The van der Waals surface area contributed by atoms with Gasteiger partial charge in [-0.3, -0.25) is 9.59 Å². The van der Waals surface area contributed by atoms with Crippen LogP contribution in [-0.2, 0) is 19.1 Å². The molecule has 112 valence electrons.